The summed E-state index contributed by atoms with van der Waals surface area (Å²) in [7, 11) is 0. The van der Waals surface area contributed by atoms with E-state index in [1.807, 2.05) is 0 Å². The van der Waals surface area contributed by atoms with E-state index in [9.17, 15) is 0 Å². The van der Waals surface area contributed by atoms with Crippen molar-refractivity contribution in [3.63, 3.8) is 0 Å². The third kappa shape index (κ3) is 4.65. The Kier molecular flexibility index (Phi) is 5.44. The molecule has 0 aromatic heterocycles. The fourth-order valence-corrected chi connectivity index (χ4v) is 4.05. The molecule has 0 amide bonds. The van der Waals surface area contributed by atoms with Crippen molar-refractivity contribution in [3.8, 4) is 0 Å². The summed E-state index contributed by atoms with van der Waals surface area (Å²) in [5.41, 5.74) is 0. The summed E-state index contributed by atoms with van der Waals surface area (Å²) in [6.45, 7) is 4.67. The maximum absolute atomic E-state index is 2.40. The van der Waals surface area contributed by atoms with Gasteiger partial charge in [0.2, 0.25) is 0 Å². The molecule has 1 unspecified atom stereocenters. The first-order chi connectivity index (χ1) is 6.33. The van der Waals surface area contributed by atoms with E-state index < -0.39 is 0 Å². The zero-order valence-electron chi connectivity index (χ0n) is 8.46. The molecule has 0 fully saturated rings. The molecular formula is C12H18I-. The van der Waals surface area contributed by atoms with E-state index in [0.29, 0.717) is 0 Å². The molecule has 0 nitrogen and oxygen atoms in total. The van der Waals surface area contributed by atoms with Gasteiger partial charge in [0.05, 0.1) is 0 Å². The predicted octanol–water partition coefficient (Wildman–Crippen LogP) is 0.524. The van der Waals surface area contributed by atoms with Crippen LogP contribution in [0.1, 0.15) is 33.1 Å². The molecule has 13 heavy (non-hydrogen) atoms. The molecule has 0 aliphatic heterocycles. The monoisotopic (exact) mass is 289 g/mol. The molecule has 0 radical (unpaired) electrons. The SMILES string of the molecule is CCCCC(C)[I-]c1ccccc1. The van der Waals surface area contributed by atoms with Gasteiger partial charge in [-0.3, -0.25) is 0 Å². The molecule has 1 aromatic rings. The summed E-state index contributed by atoms with van der Waals surface area (Å²) < 4.78 is 2.53. The molecule has 0 aliphatic rings. The second kappa shape index (κ2) is 6.41. The van der Waals surface area contributed by atoms with Crippen molar-refractivity contribution >= 4 is 0 Å². The number of hydrogen-bond acceptors (Lipinski definition) is 0. The number of unbranched alkanes of at least 4 members (excludes halogenated alkanes) is 1. The zero-order valence-corrected chi connectivity index (χ0v) is 10.6. The number of halogens is 1. The summed E-state index contributed by atoms with van der Waals surface area (Å²) in [6, 6.07) is 11.0. The number of alkyl halides is 1. The van der Waals surface area contributed by atoms with Crippen molar-refractivity contribution in [2.75, 3.05) is 0 Å². The van der Waals surface area contributed by atoms with E-state index in [1.54, 1.807) is 3.57 Å². The predicted molar refractivity (Wildman–Crippen MR) is 54.1 cm³/mol. The van der Waals surface area contributed by atoms with Gasteiger partial charge < -0.3 is 0 Å². The van der Waals surface area contributed by atoms with Crippen LogP contribution < -0.4 is 21.2 Å². The molecule has 0 N–H and O–H groups in total. The first-order valence-electron chi connectivity index (χ1n) is 5.01. The number of benzene rings is 1. The van der Waals surface area contributed by atoms with Crippen LogP contribution in [0.15, 0.2) is 30.3 Å². The maximum atomic E-state index is 2.40. The van der Waals surface area contributed by atoms with Gasteiger partial charge in [0.15, 0.2) is 0 Å². The molecule has 0 aliphatic carbocycles. The van der Waals surface area contributed by atoms with E-state index in [1.165, 1.54) is 19.3 Å². The van der Waals surface area contributed by atoms with Crippen molar-refractivity contribution in [2.45, 2.75) is 37.0 Å². The first-order valence-corrected chi connectivity index (χ1v) is 7.33. The fraction of sp³-hybridized carbons (Fsp3) is 0.500. The summed E-state index contributed by atoms with van der Waals surface area (Å²) in [6.07, 6.45) is 4.15. The van der Waals surface area contributed by atoms with Crippen molar-refractivity contribution in [1.29, 1.82) is 0 Å². The molecule has 1 heteroatoms. The van der Waals surface area contributed by atoms with Gasteiger partial charge in [-0.25, -0.2) is 0 Å². The normalized spacial score (nSPS) is 13.1. The van der Waals surface area contributed by atoms with Crippen LogP contribution in [0.2, 0.25) is 0 Å². The summed E-state index contributed by atoms with van der Waals surface area (Å²) in [5, 5.41) is 0. The Bertz CT molecular complexity index is 218. The molecule has 1 atom stereocenters. The minimum absolute atomic E-state index is 0.251. The van der Waals surface area contributed by atoms with Gasteiger partial charge >= 0.3 is 92.1 Å². The van der Waals surface area contributed by atoms with E-state index in [-0.39, 0.29) is 21.2 Å². The van der Waals surface area contributed by atoms with Crippen molar-refractivity contribution in [1.82, 2.24) is 0 Å². The summed E-state index contributed by atoms with van der Waals surface area (Å²) >= 11 is 0.251. The molecular weight excluding hydrogens is 271 g/mol. The first kappa shape index (κ1) is 11.0. The van der Waals surface area contributed by atoms with Crippen molar-refractivity contribution in [2.24, 2.45) is 0 Å². The molecule has 0 saturated heterocycles. The second-order valence-electron chi connectivity index (χ2n) is 3.33. The Morgan fingerprint density at radius 3 is 2.54 bits per heavy atom. The second-order valence-corrected chi connectivity index (χ2v) is 7.32. The van der Waals surface area contributed by atoms with Crippen LogP contribution in [0, 0.1) is 3.57 Å². The Morgan fingerprint density at radius 1 is 1.23 bits per heavy atom. The average Bonchev–Trinajstić information content (AvgIpc) is 2.16. The van der Waals surface area contributed by atoms with Gasteiger partial charge in [-0.2, -0.15) is 0 Å². The number of rotatable bonds is 5. The van der Waals surface area contributed by atoms with Crippen LogP contribution >= 0.6 is 0 Å². The Hall–Kier alpha value is -0.0500. The van der Waals surface area contributed by atoms with Crippen LogP contribution in [0.4, 0.5) is 0 Å². The van der Waals surface area contributed by atoms with Gasteiger partial charge in [0.1, 0.15) is 0 Å². The van der Waals surface area contributed by atoms with Gasteiger partial charge in [0, 0.05) is 0 Å². The zero-order chi connectivity index (χ0) is 9.52. The third-order valence-corrected chi connectivity index (χ3v) is 5.13. The van der Waals surface area contributed by atoms with E-state index in [2.05, 4.69) is 44.2 Å². The molecule has 74 valence electrons. The van der Waals surface area contributed by atoms with E-state index in [0.717, 1.165) is 3.92 Å². The van der Waals surface area contributed by atoms with Gasteiger partial charge in [0.25, 0.3) is 0 Å². The molecule has 0 saturated carbocycles. The van der Waals surface area contributed by atoms with Crippen molar-refractivity contribution in [3.05, 3.63) is 33.9 Å². The number of hydrogen-bond donors (Lipinski definition) is 0. The van der Waals surface area contributed by atoms with Crippen LogP contribution in [-0.2, 0) is 0 Å². The van der Waals surface area contributed by atoms with Gasteiger partial charge in [-0.15, -0.1) is 0 Å². The van der Waals surface area contributed by atoms with Crippen molar-refractivity contribution < 1.29 is 21.2 Å². The molecule has 0 spiro atoms. The summed E-state index contributed by atoms with van der Waals surface area (Å²) in [5.74, 6) is 0. The molecule has 1 rings (SSSR count). The Labute approximate surface area is 92.0 Å². The molecule has 0 heterocycles. The van der Waals surface area contributed by atoms with Crippen LogP contribution in [0.3, 0.4) is 0 Å². The van der Waals surface area contributed by atoms with Crippen LogP contribution in [0.25, 0.3) is 0 Å². The van der Waals surface area contributed by atoms with E-state index in [4.69, 9.17) is 0 Å². The fourth-order valence-electron chi connectivity index (χ4n) is 1.24. The van der Waals surface area contributed by atoms with Crippen LogP contribution in [-0.4, -0.2) is 3.92 Å². The van der Waals surface area contributed by atoms with Gasteiger partial charge in [-0.05, 0) is 0 Å². The molecule has 1 aromatic carbocycles. The Morgan fingerprint density at radius 2 is 1.92 bits per heavy atom. The molecule has 0 bridgehead atoms. The minimum atomic E-state index is 0.251. The average molecular weight is 289 g/mol. The standard InChI is InChI=1S/C12H18I/c1-3-4-8-11(2)13-12-9-6-5-7-10-12/h5-7,9-11H,3-4,8H2,1-2H3/q-1. The van der Waals surface area contributed by atoms with Crippen LogP contribution in [0.5, 0.6) is 0 Å². The van der Waals surface area contributed by atoms with E-state index >= 15 is 0 Å². The van der Waals surface area contributed by atoms with Gasteiger partial charge in [-0.1, -0.05) is 0 Å². The third-order valence-electron chi connectivity index (χ3n) is 2.00. The quantitative estimate of drug-likeness (QED) is 0.548. The topological polar surface area (TPSA) is 0 Å². The summed E-state index contributed by atoms with van der Waals surface area (Å²) in [4.78, 5) is 0. The Balaban J connectivity index is 2.32.